The molecule has 1 aliphatic rings. The molecule has 146 valence electrons. The van der Waals surface area contributed by atoms with Gasteiger partial charge >= 0.3 is 0 Å². The van der Waals surface area contributed by atoms with Crippen LogP contribution < -0.4 is 5.32 Å². The Morgan fingerprint density at radius 3 is 2.32 bits per heavy atom. The van der Waals surface area contributed by atoms with Crippen molar-refractivity contribution in [1.82, 2.24) is 4.31 Å². The van der Waals surface area contributed by atoms with Crippen molar-refractivity contribution in [3.63, 3.8) is 0 Å². The first-order valence-electron chi connectivity index (χ1n) is 9.31. The molecule has 0 bridgehead atoms. The van der Waals surface area contributed by atoms with Crippen LogP contribution in [0.2, 0.25) is 0 Å². The number of sulfonamides is 1. The molecule has 1 aliphatic heterocycles. The van der Waals surface area contributed by atoms with E-state index in [4.69, 9.17) is 5.26 Å². The molecule has 3 rings (SSSR count). The molecule has 0 atom stereocenters. The monoisotopic (exact) mass is 397 g/mol. The first-order valence-corrected chi connectivity index (χ1v) is 10.9. The standard InChI is InChI=1S/C21H23N3O3S/c22-16-18-6-8-20(9-7-18)23-21(25)19-10-13-24(14-11-19)28(26,27)15-12-17-4-2-1-3-5-17/h1-9,19H,10-15H2,(H,23,25). The van der Waals surface area contributed by atoms with Gasteiger partial charge < -0.3 is 5.32 Å². The zero-order chi connectivity index (χ0) is 20.0. The summed E-state index contributed by atoms with van der Waals surface area (Å²) >= 11 is 0. The minimum atomic E-state index is -3.33. The van der Waals surface area contributed by atoms with Crippen LogP contribution in [0.1, 0.15) is 24.0 Å². The molecule has 0 spiro atoms. The van der Waals surface area contributed by atoms with Crippen molar-refractivity contribution in [2.75, 3.05) is 24.2 Å². The third kappa shape index (κ3) is 5.18. The van der Waals surface area contributed by atoms with Crippen LogP contribution in [0.4, 0.5) is 5.69 Å². The van der Waals surface area contributed by atoms with Gasteiger partial charge in [0.15, 0.2) is 0 Å². The molecule has 1 amide bonds. The van der Waals surface area contributed by atoms with Crippen LogP contribution in [-0.2, 0) is 21.2 Å². The van der Waals surface area contributed by atoms with E-state index in [1.807, 2.05) is 36.4 Å². The molecule has 2 aromatic carbocycles. The number of piperidine rings is 1. The van der Waals surface area contributed by atoms with Gasteiger partial charge in [-0.05, 0) is 49.1 Å². The molecule has 6 nitrogen and oxygen atoms in total. The predicted molar refractivity (Wildman–Crippen MR) is 108 cm³/mol. The van der Waals surface area contributed by atoms with Crippen molar-refractivity contribution in [3.8, 4) is 6.07 Å². The number of nitrogens with zero attached hydrogens (tertiary/aromatic N) is 2. The van der Waals surface area contributed by atoms with Crippen LogP contribution in [0.3, 0.4) is 0 Å². The SMILES string of the molecule is N#Cc1ccc(NC(=O)C2CCN(S(=O)(=O)CCc3ccccc3)CC2)cc1. The Labute approximate surface area is 165 Å². The number of nitrogens with one attached hydrogen (secondary N) is 1. The van der Waals surface area contributed by atoms with Crippen LogP contribution in [0.5, 0.6) is 0 Å². The highest BCUT2D eigenvalue weighted by atomic mass is 32.2. The lowest BCUT2D eigenvalue weighted by atomic mass is 9.97. The van der Waals surface area contributed by atoms with Gasteiger partial charge in [0.1, 0.15) is 0 Å². The molecule has 2 aromatic rings. The summed E-state index contributed by atoms with van der Waals surface area (Å²) in [5.74, 6) is -0.235. The summed E-state index contributed by atoms with van der Waals surface area (Å²) in [6.45, 7) is 0.727. The van der Waals surface area contributed by atoms with Gasteiger partial charge in [-0.1, -0.05) is 30.3 Å². The second-order valence-electron chi connectivity index (χ2n) is 6.90. The lowest BCUT2D eigenvalue weighted by Gasteiger charge is -2.30. The molecule has 0 aromatic heterocycles. The number of aryl methyl sites for hydroxylation is 1. The first kappa shape index (κ1) is 20.1. The summed E-state index contributed by atoms with van der Waals surface area (Å²) in [5.41, 5.74) is 2.18. The summed E-state index contributed by atoms with van der Waals surface area (Å²) in [4.78, 5) is 12.4. The highest BCUT2D eigenvalue weighted by molar-refractivity contribution is 7.89. The van der Waals surface area contributed by atoms with Gasteiger partial charge in [0.05, 0.1) is 17.4 Å². The van der Waals surface area contributed by atoms with Crippen LogP contribution in [-0.4, -0.2) is 37.5 Å². The predicted octanol–water partition coefficient (Wildman–Crippen LogP) is 2.78. The van der Waals surface area contributed by atoms with E-state index in [1.165, 1.54) is 4.31 Å². The number of hydrogen-bond acceptors (Lipinski definition) is 4. The van der Waals surface area contributed by atoms with Gasteiger partial charge in [-0.2, -0.15) is 5.26 Å². The average molecular weight is 398 g/mol. The Morgan fingerprint density at radius 1 is 1.07 bits per heavy atom. The van der Waals surface area contributed by atoms with E-state index in [1.54, 1.807) is 24.3 Å². The maximum absolute atomic E-state index is 12.6. The molecular weight excluding hydrogens is 374 g/mol. The number of carbonyl (C=O) groups excluding carboxylic acids is 1. The van der Waals surface area contributed by atoms with Crippen LogP contribution in [0.25, 0.3) is 0 Å². The highest BCUT2D eigenvalue weighted by Crippen LogP contribution is 2.22. The molecule has 1 saturated heterocycles. The summed E-state index contributed by atoms with van der Waals surface area (Å²) in [7, 11) is -3.33. The van der Waals surface area contributed by atoms with E-state index in [2.05, 4.69) is 5.32 Å². The number of rotatable bonds is 6. The van der Waals surface area contributed by atoms with E-state index in [-0.39, 0.29) is 17.6 Å². The Morgan fingerprint density at radius 2 is 1.71 bits per heavy atom. The number of amides is 1. The van der Waals surface area contributed by atoms with Crippen LogP contribution in [0, 0.1) is 17.2 Å². The fraction of sp³-hybridized carbons (Fsp3) is 0.333. The highest BCUT2D eigenvalue weighted by Gasteiger charge is 2.30. The average Bonchev–Trinajstić information content (AvgIpc) is 2.74. The number of nitriles is 1. The Bertz CT molecular complexity index is 943. The number of anilines is 1. The maximum Gasteiger partial charge on any atom is 0.227 e. The van der Waals surface area contributed by atoms with E-state index in [0.29, 0.717) is 43.6 Å². The Kier molecular flexibility index (Phi) is 6.45. The molecule has 28 heavy (non-hydrogen) atoms. The molecule has 7 heteroatoms. The largest absolute Gasteiger partial charge is 0.326 e. The van der Waals surface area contributed by atoms with Gasteiger partial charge in [-0.25, -0.2) is 12.7 Å². The van der Waals surface area contributed by atoms with Gasteiger partial charge in [-0.15, -0.1) is 0 Å². The Hall–Kier alpha value is -2.69. The summed E-state index contributed by atoms with van der Waals surface area (Å²) in [6, 6.07) is 18.3. The number of hydrogen-bond donors (Lipinski definition) is 1. The van der Waals surface area contributed by atoms with Crippen molar-refractivity contribution in [2.45, 2.75) is 19.3 Å². The van der Waals surface area contributed by atoms with Gasteiger partial charge in [0, 0.05) is 24.7 Å². The summed E-state index contributed by atoms with van der Waals surface area (Å²) in [5, 5.41) is 11.7. The number of benzene rings is 2. The van der Waals surface area contributed by atoms with Gasteiger partial charge in [0.2, 0.25) is 15.9 Å². The van der Waals surface area contributed by atoms with E-state index in [9.17, 15) is 13.2 Å². The summed E-state index contributed by atoms with van der Waals surface area (Å²) in [6.07, 6.45) is 1.50. The number of carbonyl (C=O) groups is 1. The molecule has 0 radical (unpaired) electrons. The second kappa shape index (κ2) is 9.00. The van der Waals surface area contributed by atoms with Crippen molar-refractivity contribution in [1.29, 1.82) is 5.26 Å². The third-order valence-corrected chi connectivity index (χ3v) is 6.86. The van der Waals surface area contributed by atoms with E-state index < -0.39 is 10.0 Å². The second-order valence-corrected chi connectivity index (χ2v) is 8.99. The normalized spacial score (nSPS) is 15.7. The van der Waals surface area contributed by atoms with Gasteiger partial charge in [-0.3, -0.25) is 4.79 Å². The van der Waals surface area contributed by atoms with Gasteiger partial charge in [0.25, 0.3) is 0 Å². The fourth-order valence-electron chi connectivity index (χ4n) is 3.29. The van der Waals surface area contributed by atoms with Crippen molar-refractivity contribution >= 4 is 21.6 Å². The van der Waals surface area contributed by atoms with E-state index in [0.717, 1.165) is 5.56 Å². The maximum atomic E-state index is 12.6. The lowest BCUT2D eigenvalue weighted by Crippen LogP contribution is -2.42. The Balaban J connectivity index is 1.50. The molecular formula is C21H23N3O3S. The molecule has 1 fully saturated rings. The lowest BCUT2D eigenvalue weighted by molar-refractivity contribution is -0.120. The van der Waals surface area contributed by atoms with E-state index >= 15 is 0 Å². The smallest absolute Gasteiger partial charge is 0.227 e. The first-order chi connectivity index (χ1) is 13.5. The zero-order valence-corrected chi connectivity index (χ0v) is 16.4. The third-order valence-electron chi connectivity index (χ3n) is 4.99. The minimum Gasteiger partial charge on any atom is -0.326 e. The quantitative estimate of drug-likeness (QED) is 0.811. The summed E-state index contributed by atoms with van der Waals surface area (Å²) < 4.78 is 26.7. The van der Waals surface area contributed by atoms with Crippen molar-refractivity contribution < 1.29 is 13.2 Å². The molecule has 1 N–H and O–H groups in total. The topological polar surface area (TPSA) is 90.3 Å². The molecule has 0 unspecified atom stereocenters. The minimum absolute atomic E-state index is 0.0825. The van der Waals surface area contributed by atoms with Crippen molar-refractivity contribution in [3.05, 3.63) is 65.7 Å². The fourth-order valence-corrected chi connectivity index (χ4v) is 4.81. The molecule has 0 saturated carbocycles. The zero-order valence-electron chi connectivity index (χ0n) is 15.5. The van der Waals surface area contributed by atoms with Crippen molar-refractivity contribution in [2.24, 2.45) is 5.92 Å². The van der Waals surface area contributed by atoms with Crippen LogP contribution in [0.15, 0.2) is 54.6 Å². The molecule has 1 heterocycles. The van der Waals surface area contributed by atoms with Crippen LogP contribution >= 0.6 is 0 Å². The molecule has 0 aliphatic carbocycles.